The molecule has 0 spiro atoms. The van der Waals surface area contributed by atoms with E-state index in [9.17, 15) is 14.4 Å². The number of benzene rings is 3. The number of H-pyrrole nitrogens is 1. The van der Waals surface area contributed by atoms with Gasteiger partial charge in [-0.2, -0.15) is 10.1 Å². The minimum absolute atomic E-state index is 0.0502. The number of carbonyl (C=O) groups is 3. The van der Waals surface area contributed by atoms with Gasteiger partial charge in [-0.25, -0.2) is 4.98 Å². The first-order chi connectivity index (χ1) is 28.2. The topological polar surface area (TPSA) is 162 Å². The molecule has 2 aliphatic heterocycles. The zero-order valence-electron chi connectivity index (χ0n) is 34.7. The van der Waals surface area contributed by atoms with Gasteiger partial charge in [0.1, 0.15) is 5.69 Å². The highest BCUT2D eigenvalue weighted by molar-refractivity contribution is 6.01. The number of carbonyl (C=O) groups excluding carboxylic acids is 3. The van der Waals surface area contributed by atoms with Crippen LogP contribution in [0.15, 0.2) is 77.4 Å². The lowest BCUT2D eigenvalue weighted by molar-refractivity contribution is -0.134. The summed E-state index contributed by atoms with van der Waals surface area (Å²) >= 11 is 0. The molecule has 0 radical (unpaired) electrons. The molecule has 0 bridgehead atoms. The van der Waals surface area contributed by atoms with Crippen molar-refractivity contribution in [3.63, 3.8) is 0 Å². The van der Waals surface area contributed by atoms with E-state index in [-0.39, 0.29) is 41.1 Å². The van der Waals surface area contributed by atoms with Crippen LogP contribution in [-0.2, 0) is 15.0 Å². The SMILES string of the molecule is Cc1cc(C(C)N2CCN(c3ccc(-c4cnc5[nH]nc(-c6ccc([C@@H](C)NC(=O)c7nc(C(C)(C)C)no7)c(C)c6)c5c4)cc3)CC2)ccc1C1CCC(=O)NC1=O. The molecule has 0 saturated carbocycles. The van der Waals surface area contributed by atoms with Crippen LogP contribution < -0.4 is 15.5 Å². The Labute approximate surface area is 344 Å². The predicted octanol–water partition coefficient (Wildman–Crippen LogP) is 7.48. The molecule has 2 aliphatic rings. The lowest BCUT2D eigenvalue weighted by Gasteiger charge is -2.39. The van der Waals surface area contributed by atoms with Crippen LogP contribution >= 0.6 is 0 Å². The first kappa shape index (κ1) is 39.6. The molecule has 304 valence electrons. The van der Waals surface area contributed by atoms with E-state index >= 15 is 0 Å². The normalized spacial score (nSPS) is 17.5. The number of hydrogen-bond acceptors (Lipinski definition) is 10. The van der Waals surface area contributed by atoms with E-state index < -0.39 is 5.91 Å². The largest absolute Gasteiger partial charge is 0.369 e. The van der Waals surface area contributed by atoms with Gasteiger partial charge in [0.25, 0.3) is 0 Å². The van der Waals surface area contributed by atoms with E-state index in [0.29, 0.717) is 24.3 Å². The van der Waals surface area contributed by atoms with Gasteiger partial charge in [-0.05, 0) is 91.8 Å². The Morgan fingerprint density at radius 1 is 0.898 bits per heavy atom. The Balaban J connectivity index is 0.902. The molecule has 3 atom stereocenters. The summed E-state index contributed by atoms with van der Waals surface area (Å²) in [5.74, 6) is -0.625. The minimum Gasteiger partial charge on any atom is -0.369 e. The first-order valence-electron chi connectivity index (χ1n) is 20.4. The quantitative estimate of drug-likeness (QED) is 0.125. The van der Waals surface area contributed by atoms with E-state index in [2.05, 4.69) is 109 Å². The third kappa shape index (κ3) is 8.11. The van der Waals surface area contributed by atoms with E-state index in [1.807, 2.05) is 52.9 Å². The second-order valence-corrected chi connectivity index (χ2v) is 17.0. The monoisotopic (exact) mass is 793 g/mol. The Morgan fingerprint density at radius 2 is 1.64 bits per heavy atom. The fraction of sp³-hybridized carbons (Fsp3) is 0.370. The maximum atomic E-state index is 12.9. The second kappa shape index (κ2) is 15.9. The summed E-state index contributed by atoms with van der Waals surface area (Å²) in [5.41, 5.74) is 10.7. The van der Waals surface area contributed by atoms with Crippen LogP contribution in [0.25, 0.3) is 33.4 Å². The van der Waals surface area contributed by atoms with Gasteiger partial charge in [0.05, 0.1) is 12.0 Å². The molecule has 5 heterocycles. The molecule has 0 aliphatic carbocycles. The number of pyridine rings is 1. The lowest BCUT2D eigenvalue weighted by atomic mass is 9.86. The van der Waals surface area contributed by atoms with Crippen molar-refractivity contribution in [3.05, 3.63) is 112 Å². The summed E-state index contributed by atoms with van der Waals surface area (Å²) in [7, 11) is 0. The zero-order valence-corrected chi connectivity index (χ0v) is 34.7. The van der Waals surface area contributed by atoms with E-state index in [1.54, 1.807) is 0 Å². The highest BCUT2D eigenvalue weighted by atomic mass is 16.5. The van der Waals surface area contributed by atoms with Crippen LogP contribution in [0.2, 0.25) is 0 Å². The molecule has 8 rings (SSSR count). The standard InChI is InChI=1S/C46H51N9O4/c1-26-23-32(11-14-35(26)28(3)48-43(58)44-50-45(53-59-44)46(5,6)7)40-38-24-33(25-47-41(38)52-51-40)30-8-12-34(13-9-30)55-20-18-54(19-21-55)29(4)31-10-15-36(27(2)22-31)37-16-17-39(56)49-42(37)57/h8-15,22-25,28-29,37H,16-21H2,1-7H3,(H,48,58)(H,47,51,52)(H,49,56,57)/t28-,29?,37?/m1/s1. The number of amides is 3. The van der Waals surface area contributed by atoms with Crippen molar-refractivity contribution in [2.75, 3.05) is 31.1 Å². The average Bonchev–Trinajstić information content (AvgIpc) is 3.90. The van der Waals surface area contributed by atoms with Crippen LogP contribution in [0.3, 0.4) is 0 Å². The molecule has 59 heavy (non-hydrogen) atoms. The highest BCUT2D eigenvalue weighted by Gasteiger charge is 2.30. The molecule has 13 heteroatoms. The van der Waals surface area contributed by atoms with Crippen LogP contribution in [0, 0.1) is 13.8 Å². The summed E-state index contributed by atoms with van der Waals surface area (Å²) < 4.78 is 5.24. The van der Waals surface area contributed by atoms with Crippen molar-refractivity contribution in [1.82, 2.24) is 40.9 Å². The molecule has 2 saturated heterocycles. The number of nitrogens with zero attached hydrogens (tertiary/aromatic N) is 6. The smallest absolute Gasteiger partial charge is 0.315 e. The molecule has 13 nitrogen and oxygen atoms in total. The molecule has 3 N–H and O–H groups in total. The van der Waals surface area contributed by atoms with Gasteiger partial charge in [0, 0.05) is 72.5 Å². The molecule has 3 aromatic carbocycles. The van der Waals surface area contributed by atoms with Gasteiger partial charge in [0.15, 0.2) is 11.5 Å². The third-order valence-electron chi connectivity index (χ3n) is 11.9. The first-order valence-corrected chi connectivity index (χ1v) is 20.4. The van der Waals surface area contributed by atoms with Crippen molar-refractivity contribution in [2.24, 2.45) is 0 Å². The van der Waals surface area contributed by atoms with E-state index in [4.69, 9.17) is 9.51 Å². The fourth-order valence-corrected chi connectivity index (χ4v) is 8.33. The number of aromatic nitrogens is 5. The number of aromatic amines is 1. The fourth-order valence-electron chi connectivity index (χ4n) is 8.33. The maximum Gasteiger partial charge on any atom is 0.315 e. The van der Waals surface area contributed by atoms with Crippen LogP contribution in [0.5, 0.6) is 0 Å². The van der Waals surface area contributed by atoms with Crippen molar-refractivity contribution in [2.45, 2.75) is 84.7 Å². The minimum atomic E-state index is -0.411. The maximum absolute atomic E-state index is 12.9. The number of rotatable bonds is 9. The summed E-state index contributed by atoms with van der Waals surface area (Å²) in [4.78, 5) is 51.0. The van der Waals surface area contributed by atoms with Gasteiger partial charge in [0.2, 0.25) is 11.8 Å². The lowest BCUT2D eigenvalue weighted by Crippen LogP contribution is -2.47. The van der Waals surface area contributed by atoms with E-state index in [1.165, 1.54) is 11.3 Å². The summed E-state index contributed by atoms with van der Waals surface area (Å²) in [6.07, 6.45) is 2.82. The molecule has 6 aromatic rings. The zero-order chi connectivity index (χ0) is 41.6. The summed E-state index contributed by atoms with van der Waals surface area (Å²) in [6, 6.07) is 23.3. The number of fused-ring (bicyclic) bond motifs is 1. The second-order valence-electron chi connectivity index (χ2n) is 17.0. The number of imide groups is 1. The van der Waals surface area contributed by atoms with Gasteiger partial charge in [-0.15, -0.1) is 0 Å². The Bertz CT molecular complexity index is 2540. The van der Waals surface area contributed by atoms with Gasteiger partial charge < -0.3 is 14.7 Å². The number of anilines is 1. The number of aryl methyl sites for hydroxylation is 2. The van der Waals surface area contributed by atoms with E-state index in [0.717, 1.165) is 76.2 Å². The van der Waals surface area contributed by atoms with Crippen molar-refractivity contribution in [1.29, 1.82) is 0 Å². The molecule has 2 fully saturated rings. The van der Waals surface area contributed by atoms with Gasteiger partial charge in [-0.3, -0.25) is 29.7 Å². The molecular weight excluding hydrogens is 743 g/mol. The van der Waals surface area contributed by atoms with Crippen molar-refractivity contribution in [3.8, 4) is 22.4 Å². The summed E-state index contributed by atoms with van der Waals surface area (Å²) in [5, 5.41) is 18.1. The number of nitrogens with one attached hydrogen (secondary N) is 3. The van der Waals surface area contributed by atoms with Gasteiger partial charge >= 0.3 is 11.8 Å². The average molecular weight is 794 g/mol. The van der Waals surface area contributed by atoms with Crippen LogP contribution in [0.1, 0.15) is 110 Å². The highest BCUT2D eigenvalue weighted by Crippen LogP contribution is 2.34. The Morgan fingerprint density at radius 3 is 2.32 bits per heavy atom. The number of piperazine rings is 1. The molecular formula is C46H51N9O4. The summed E-state index contributed by atoms with van der Waals surface area (Å²) in [6.45, 7) is 17.9. The number of piperidine rings is 1. The van der Waals surface area contributed by atoms with Crippen molar-refractivity contribution >= 4 is 34.4 Å². The van der Waals surface area contributed by atoms with Crippen LogP contribution in [-0.4, -0.2) is 74.1 Å². The number of hydrogen-bond donors (Lipinski definition) is 3. The Hall–Kier alpha value is -6.21. The Kier molecular flexibility index (Phi) is 10.6. The van der Waals surface area contributed by atoms with Crippen LogP contribution in [0.4, 0.5) is 5.69 Å². The third-order valence-corrected chi connectivity index (χ3v) is 11.9. The predicted molar refractivity (Wildman–Crippen MR) is 227 cm³/mol. The molecule has 3 amide bonds. The molecule has 3 aromatic heterocycles. The van der Waals surface area contributed by atoms with Gasteiger partial charge in [-0.1, -0.05) is 68.4 Å². The van der Waals surface area contributed by atoms with Crippen molar-refractivity contribution < 1.29 is 18.9 Å². The molecule has 2 unspecified atom stereocenters.